The van der Waals surface area contributed by atoms with E-state index in [2.05, 4.69) is 10.6 Å². The zero-order valence-corrected chi connectivity index (χ0v) is 10.8. The molecule has 1 aromatic carbocycles. The Morgan fingerprint density at radius 2 is 2.11 bits per heavy atom. The normalized spacial score (nSPS) is 24.8. The monoisotopic (exact) mass is 248 g/mol. The maximum atomic E-state index is 12.0. The molecule has 1 aliphatic heterocycles. The molecule has 18 heavy (non-hydrogen) atoms. The van der Waals surface area contributed by atoms with E-state index in [1.54, 1.807) is 0 Å². The number of benzene rings is 1. The summed E-state index contributed by atoms with van der Waals surface area (Å²) in [7, 11) is 0. The van der Waals surface area contributed by atoms with Gasteiger partial charge in [0.15, 0.2) is 0 Å². The van der Waals surface area contributed by atoms with Gasteiger partial charge in [-0.25, -0.2) is 0 Å². The third-order valence-corrected chi connectivity index (χ3v) is 3.36. The van der Waals surface area contributed by atoms with E-state index in [1.807, 2.05) is 38.1 Å². The van der Waals surface area contributed by atoms with E-state index < -0.39 is 6.10 Å². The van der Waals surface area contributed by atoms with Crippen LogP contribution < -0.4 is 10.6 Å². The summed E-state index contributed by atoms with van der Waals surface area (Å²) in [5, 5.41) is 15.4. The van der Waals surface area contributed by atoms with Crippen LogP contribution >= 0.6 is 0 Å². The zero-order chi connectivity index (χ0) is 13.1. The minimum absolute atomic E-state index is 0.0161. The number of carbonyl (C=O) groups is 1. The van der Waals surface area contributed by atoms with Gasteiger partial charge >= 0.3 is 0 Å². The Bertz CT molecular complexity index is 416. The quantitative estimate of drug-likeness (QED) is 0.744. The van der Waals surface area contributed by atoms with Crippen LogP contribution in [-0.4, -0.2) is 29.7 Å². The molecule has 1 saturated heterocycles. The molecule has 0 saturated carbocycles. The van der Waals surface area contributed by atoms with E-state index in [0.717, 1.165) is 5.56 Å². The molecule has 3 atom stereocenters. The fraction of sp³-hybridized carbons (Fsp3) is 0.500. The lowest BCUT2D eigenvalue weighted by molar-refractivity contribution is -0.123. The first-order chi connectivity index (χ1) is 8.56. The molecule has 4 heteroatoms. The molecule has 0 aliphatic carbocycles. The number of aliphatic hydroxyl groups excluding tert-OH is 1. The Labute approximate surface area is 107 Å². The van der Waals surface area contributed by atoms with Crippen LogP contribution in [0.2, 0.25) is 0 Å². The molecule has 1 fully saturated rings. The smallest absolute Gasteiger partial charge is 0.237 e. The van der Waals surface area contributed by atoms with Crippen molar-refractivity contribution < 1.29 is 9.90 Å². The Balaban J connectivity index is 1.92. The van der Waals surface area contributed by atoms with Crippen molar-refractivity contribution in [3.8, 4) is 0 Å². The van der Waals surface area contributed by atoms with Crippen LogP contribution in [-0.2, 0) is 4.79 Å². The Morgan fingerprint density at radius 1 is 1.44 bits per heavy atom. The van der Waals surface area contributed by atoms with E-state index in [1.165, 1.54) is 5.56 Å². The molecule has 0 spiro atoms. The first-order valence-corrected chi connectivity index (χ1v) is 6.34. The van der Waals surface area contributed by atoms with Crippen molar-refractivity contribution in [2.45, 2.75) is 38.5 Å². The van der Waals surface area contributed by atoms with Crippen LogP contribution in [0.5, 0.6) is 0 Å². The van der Waals surface area contributed by atoms with E-state index in [0.29, 0.717) is 13.0 Å². The predicted molar refractivity (Wildman–Crippen MR) is 70.2 cm³/mol. The van der Waals surface area contributed by atoms with Crippen molar-refractivity contribution in [3.63, 3.8) is 0 Å². The lowest BCUT2D eigenvalue weighted by Gasteiger charge is -2.17. The predicted octanol–water partition coefficient (Wildman–Crippen LogP) is 0.895. The second-order valence-corrected chi connectivity index (χ2v) is 4.99. The van der Waals surface area contributed by atoms with Crippen molar-refractivity contribution in [2.24, 2.45) is 0 Å². The molecule has 1 aromatic rings. The zero-order valence-electron chi connectivity index (χ0n) is 10.8. The lowest BCUT2D eigenvalue weighted by atomic mass is 10.1. The van der Waals surface area contributed by atoms with Crippen molar-refractivity contribution in [1.82, 2.24) is 10.6 Å². The fourth-order valence-corrected chi connectivity index (χ4v) is 2.17. The van der Waals surface area contributed by atoms with Crippen molar-refractivity contribution in [2.75, 3.05) is 6.54 Å². The lowest BCUT2D eigenvalue weighted by Crippen LogP contribution is -2.41. The second kappa shape index (κ2) is 5.50. The topological polar surface area (TPSA) is 61.4 Å². The van der Waals surface area contributed by atoms with Gasteiger partial charge in [0.25, 0.3) is 0 Å². The molecular weight excluding hydrogens is 228 g/mol. The van der Waals surface area contributed by atoms with Crippen LogP contribution in [0.15, 0.2) is 24.3 Å². The number of rotatable bonds is 3. The summed E-state index contributed by atoms with van der Waals surface area (Å²) in [6, 6.07) is 7.84. The first kappa shape index (κ1) is 13.1. The molecule has 98 valence electrons. The summed E-state index contributed by atoms with van der Waals surface area (Å²) < 4.78 is 0. The summed E-state index contributed by atoms with van der Waals surface area (Å²) in [6.07, 6.45) is 0.0855. The molecular formula is C14H20N2O2. The van der Waals surface area contributed by atoms with E-state index in [4.69, 9.17) is 0 Å². The number of nitrogens with one attached hydrogen (secondary N) is 2. The number of aryl methyl sites for hydroxylation is 1. The summed E-state index contributed by atoms with van der Waals surface area (Å²) in [5.41, 5.74) is 2.30. The van der Waals surface area contributed by atoms with Crippen LogP contribution in [0.25, 0.3) is 0 Å². The van der Waals surface area contributed by atoms with E-state index >= 15 is 0 Å². The highest BCUT2D eigenvalue weighted by Gasteiger charge is 2.28. The number of amides is 1. The van der Waals surface area contributed by atoms with E-state index in [-0.39, 0.29) is 18.0 Å². The van der Waals surface area contributed by atoms with Crippen molar-refractivity contribution in [3.05, 3.63) is 35.4 Å². The minimum Gasteiger partial charge on any atom is -0.392 e. The Morgan fingerprint density at radius 3 is 2.67 bits per heavy atom. The molecule has 3 N–H and O–H groups in total. The van der Waals surface area contributed by atoms with Crippen molar-refractivity contribution >= 4 is 5.91 Å². The summed E-state index contributed by atoms with van der Waals surface area (Å²) >= 11 is 0. The third kappa shape index (κ3) is 3.09. The molecule has 2 unspecified atom stereocenters. The highest BCUT2D eigenvalue weighted by Crippen LogP contribution is 2.14. The molecule has 1 amide bonds. The molecule has 1 heterocycles. The molecule has 2 rings (SSSR count). The molecule has 4 nitrogen and oxygen atoms in total. The van der Waals surface area contributed by atoms with Gasteiger partial charge in [-0.1, -0.05) is 29.8 Å². The van der Waals surface area contributed by atoms with Gasteiger partial charge < -0.3 is 15.7 Å². The fourth-order valence-electron chi connectivity index (χ4n) is 2.17. The average Bonchev–Trinajstić information content (AvgIpc) is 2.76. The highest BCUT2D eigenvalue weighted by atomic mass is 16.3. The maximum Gasteiger partial charge on any atom is 0.237 e. The van der Waals surface area contributed by atoms with Crippen LogP contribution in [0, 0.1) is 6.92 Å². The van der Waals surface area contributed by atoms with Gasteiger partial charge in [0.1, 0.15) is 0 Å². The van der Waals surface area contributed by atoms with Gasteiger partial charge in [0.2, 0.25) is 5.91 Å². The van der Waals surface area contributed by atoms with Gasteiger partial charge in [0.05, 0.1) is 18.2 Å². The van der Waals surface area contributed by atoms with Gasteiger partial charge in [0, 0.05) is 6.54 Å². The Kier molecular flexibility index (Phi) is 3.99. The largest absolute Gasteiger partial charge is 0.392 e. The molecule has 1 aliphatic rings. The van der Waals surface area contributed by atoms with Crippen LogP contribution in [0.3, 0.4) is 0 Å². The second-order valence-electron chi connectivity index (χ2n) is 4.99. The summed E-state index contributed by atoms with van der Waals surface area (Å²) in [4.78, 5) is 12.0. The number of β-amino-alcohol motifs (C(OH)–C–C–N with tert-alkyl or cyclic N) is 1. The number of hydrogen-bond acceptors (Lipinski definition) is 3. The maximum absolute atomic E-state index is 12.0. The average molecular weight is 248 g/mol. The van der Waals surface area contributed by atoms with Crippen molar-refractivity contribution in [1.29, 1.82) is 0 Å². The summed E-state index contributed by atoms with van der Waals surface area (Å²) in [6.45, 7) is 4.50. The minimum atomic E-state index is -0.407. The SMILES string of the molecule is Cc1ccc([C@H](C)NC(=O)C2CC(O)CN2)cc1. The Hall–Kier alpha value is -1.39. The highest BCUT2D eigenvalue weighted by molar-refractivity contribution is 5.82. The van der Waals surface area contributed by atoms with Crippen LogP contribution in [0.1, 0.15) is 30.5 Å². The molecule has 0 bridgehead atoms. The third-order valence-electron chi connectivity index (χ3n) is 3.36. The number of aliphatic hydroxyl groups is 1. The van der Waals surface area contributed by atoms with Gasteiger partial charge in [-0.3, -0.25) is 4.79 Å². The molecule has 0 radical (unpaired) electrons. The standard InChI is InChI=1S/C14H20N2O2/c1-9-3-5-11(6-4-9)10(2)16-14(18)13-7-12(17)8-15-13/h3-6,10,12-13,15,17H,7-8H2,1-2H3,(H,16,18)/t10-,12?,13?/m0/s1. The van der Waals surface area contributed by atoms with Gasteiger partial charge in [-0.05, 0) is 25.8 Å². The van der Waals surface area contributed by atoms with Crippen LogP contribution in [0.4, 0.5) is 0 Å². The van der Waals surface area contributed by atoms with Gasteiger partial charge in [-0.2, -0.15) is 0 Å². The van der Waals surface area contributed by atoms with Gasteiger partial charge in [-0.15, -0.1) is 0 Å². The summed E-state index contributed by atoms with van der Waals surface area (Å²) in [5.74, 6) is -0.0420. The number of carbonyl (C=O) groups excluding carboxylic acids is 1. The number of hydrogen-bond donors (Lipinski definition) is 3. The van der Waals surface area contributed by atoms with E-state index in [9.17, 15) is 9.90 Å². The molecule has 0 aromatic heterocycles. The first-order valence-electron chi connectivity index (χ1n) is 6.34.